The highest BCUT2D eigenvalue weighted by atomic mass is 32.2. The Bertz CT molecular complexity index is 799. The molecule has 2 N–H and O–H groups in total. The first-order valence-electron chi connectivity index (χ1n) is 9.11. The minimum absolute atomic E-state index is 0.0117. The van der Waals surface area contributed by atoms with Crippen LogP contribution in [0.25, 0.3) is 0 Å². The predicted molar refractivity (Wildman–Crippen MR) is 97.6 cm³/mol. The molecule has 3 rings (SSSR count). The number of aliphatic hydroxyl groups excluding tert-OH is 1. The number of fused-ring (bicyclic) bond motifs is 1. The van der Waals surface area contributed by atoms with Gasteiger partial charge in [0.1, 0.15) is 10.6 Å². The number of para-hydroxylation sites is 1. The lowest BCUT2D eigenvalue weighted by molar-refractivity contribution is -0.155. The van der Waals surface area contributed by atoms with Crippen LogP contribution in [0.2, 0.25) is 0 Å². The van der Waals surface area contributed by atoms with Crippen LogP contribution in [0.15, 0.2) is 29.2 Å². The summed E-state index contributed by atoms with van der Waals surface area (Å²) in [6.45, 7) is -0.0988. The fourth-order valence-electron chi connectivity index (χ4n) is 3.72. The van der Waals surface area contributed by atoms with Crippen molar-refractivity contribution in [1.82, 2.24) is 4.31 Å². The minimum atomic E-state index is -3.99. The van der Waals surface area contributed by atoms with E-state index >= 15 is 0 Å². The zero-order valence-corrected chi connectivity index (χ0v) is 16.4. The van der Waals surface area contributed by atoms with Gasteiger partial charge < -0.3 is 24.4 Å². The second kappa shape index (κ2) is 8.75. The fourth-order valence-corrected chi connectivity index (χ4v) is 5.60. The molecule has 0 spiro atoms. The van der Waals surface area contributed by atoms with Gasteiger partial charge in [0, 0.05) is 6.54 Å². The summed E-state index contributed by atoms with van der Waals surface area (Å²) in [7, 11) is -2.60. The molecule has 1 aromatic carbocycles. The number of hydrogen-bond donors (Lipinski definition) is 2. The van der Waals surface area contributed by atoms with Gasteiger partial charge in [0.15, 0.2) is 0 Å². The summed E-state index contributed by atoms with van der Waals surface area (Å²) in [5.41, 5.74) is 0. The van der Waals surface area contributed by atoms with Crippen LogP contribution in [-0.4, -0.2) is 80.1 Å². The van der Waals surface area contributed by atoms with Crippen molar-refractivity contribution in [1.29, 1.82) is 0 Å². The molecule has 2 saturated heterocycles. The number of hydrogen-bond acceptors (Lipinski definition) is 7. The number of ether oxygens (including phenoxy) is 3. The van der Waals surface area contributed by atoms with Crippen molar-refractivity contribution >= 4 is 16.0 Å². The Morgan fingerprint density at radius 1 is 1.29 bits per heavy atom. The molecule has 1 aromatic rings. The normalized spacial score (nSPS) is 29.4. The van der Waals surface area contributed by atoms with Gasteiger partial charge >= 0.3 is 5.97 Å². The van der Waals surface area contributed by atoms with Crippen molar-refractivity contribution in [3.05, 3.63) is 24.3 Å². The Hall–Kier alpha value is -1.72. The van der Waals surface area contributed by atoms with Gasteiger partial charge in [-0.05, 0) is 25.0 Å². The van der Waals surface area contributed by atoms with E-state index in [1.165, 1.54) is 17.5 Å². The van der Waals surface area contributed by atoms with E-state index in [2.05, 4.69) is 0 Å². The summed E-state index contributed by atoms with van der Waals surface area (Å²) in [6.07, 6.45) is -1.43. The maximum atomic E-state index is 13.4. The Balaban J connectivity index is 1.93. The zero-order valence-electron chi connectivity index (χ0n) is 15.6. The van der Waals surface area contributed by atoms with Crippen molar-refractivity contribution in [3.63, 3.8) is 0 Å². The summed E-state index contributed by atoms with van der Waals surface area (Å²) < 4.78 is 44.7. The number of nitrogens with zero attached hydrogens (tertiary/aromatic N) is 1. The molecule has 2 heterocycles. The molecule has 0 aromatic heterocycles. The maximum absolute atomic E-state index is 13.4. The summed E-state index contributed by atoms with van der Waals surface area (Å²) >= 11 is 0. The van der Waals surface area contributed by atoms with Crippen LogP contribution in [-0.2, 0) is 24.3 Å². The third-order valence-electron chi connectivity index (χ3n) is 4.99. The molecular weight excluding hydrogens is 390 g/mol. The van der Waals surface area contributed by atoms with Crippen LogP contribution in [0, 0.1) is 0 Å². The standard InChI is InChI=1S/C18H25NO8S/c1-25-15-4-2-3-5-17(15)28(23,24)19-9-12(20)10-26-11-16-14(19)7-6-13(27-16)8-18(21)22/h2-5,12-14,16,20H,6-11H2,1H3,(H,21,22)/t12-,13+,14+,16-/m0/s1. The molecule has 28 heavy (non-hydrogen) atoms. The molecule has 4 atom stereocenters. The SMILES string of the molecule is COc1ccccc1S(=O)(=O)N1C[C@H](O)COC[C@@H]2O[C@@H](CC(=O)O)CC[C@H]21. The summed E-state index contributed by atoms with van der Waals surface area (Å²) in [5, 5.41) is 19.2. The van der Waals surface area contributed by atoms with Crippen LogP contribution in [0.5, 0.6) is 5.75 Å². The minimum Gasteiger partial charge on any atom is -0.495 e. The van der Waals surface area contributed by atoms with Crippen LogP contribution >= 0.6 is 0 Å². The molecule has 0 radical (unpaired) electrons. The van der Waals surface area contributed by atoms with Gasteiger partial charge in [-0.2, -0.15) is 4.31 Å². The van der Waals surface area contributed by atoms with E-state index < -0.39 is 40.3 Å². The van der Waals surface area contributed by atoms with Gasteiger partial charge in [-0.1, -0.05) is 12.1 Å². The van der Waals surface area contributed by atoms with Gasteiger partial charge in [-0.15, -0.1) is 0 Å². The number of aliphatic hydroxyl groups is 1. The monoisotopic (exact) mass is 415 g/mol. The molecular formula is C18H25NO8S. The molecule has 0 unspecified atom stereocenters. The maximum Gasteiger partial charge on any atom is 0.305 e. The molecule has 0 bridgehead atoms. The van der Waals surface area contributed by atoms with Crippen LogP contribution < -0.4 is 4.74 Å². The van der Waals surface area contributed by atoms with Crippen LogP contribution in [0.1, 0.15) is 19.3 Å². The van der Waals surface area contributed by atoms with E-state index in [1.54, 1.807) is 18.2 Å². The van der Waals surface area contributed by atoms with E-state index in [1.807, 2.05) is 0 Å². The Morgan fingerprint density at radius 2 is 2.04 bits per heavy atom. The predicted octanol–water partition coefficient (Wildman–Crippen LogP) is 0.468. The molecule has 2 aliphatic rings. The lowest BCUT2D eigenvalue weighted by Crippen LogP contribution is -2.57. The van der Waals surface area contributed by atoms with Gasteiger partial charge in [0.05, 0.1) is 51.1 Å². The number of β-amino-alcohol motifs (C(OH)–C–C–N with tert-alkyl or cyclic N) is 1. The van der Waals surface area contributed by atoms with Crippen molar-refractivity contribution < 1.29 is 37.6 Å². The molecule has 0 saturated carbocycles. The second-order valence-corrected chi connectivity index (χ2v) is 8.81. The number of methoxy groups -OCH3 is 1. The molecule has 2 fully saturated rings. The van der Waals surface area contributed by atoms with Crippen LogP contribution in [0.3, 0.4) is 0 Å². The van der Waals surface area contributed by atoms with Gasteiger partial charge in [0.25, 0.3) is 0 Å². The number of benzene rings is 1. The second-order valence-electron chi connectivity index (χ2n) is 6.96. The lowest BCUT2D eigenvalue weighted by Gasteiger charge is -2.43. The molecule has 0 aliphatic carbocycles. The van der Waals surface area contributed by atoms with E-state index in [-0.39, 0.29) is 36.8 Å². The molecule has 156 valence electrons. The van der Waals surface area contributed by atoms with Gasteiger partial charge in [0.2, 0.25) is 10.0 Å². The Labute approximate surface area is 163 Å². The van der Waals surface area contributed by atoms with E-state index in [0.717, 1.165) is 0 Å². The van der Waals surface area contributed by atoms with Crippen LogP contribution in [0.4, 0.5) is 0 Å². The van der Waals surface area contributed by atoms with E-state index in [0.29, 0.717) is 12.8 Å². The average molecular weight is 415 g/mol. The molecule has 9 nitrogen and oxygen atoms in total. The molecule has 2 aliphatic heterocycles. The van der Waals surface area contributed by atoms with Crippen molar-refractivity contribution in [2.75, 3.05) is 26.9 Å². The summed E-state index contributed by atoms with van der Waals surface area (Å²) in [4.78, 5) is 11.0. The highest BCUT2D eigenvalue weighted by Gasteiger charge is 2.43. The third kappa shape index (κ3) is 4.47. The smallest absolute Gasteiger partial charge is 0.305 e. The van der Waals surface area contributed by atoms with Gasteiger partial charge in [-0.3, -0.25) is 4.79 Å². The summed E-state index contributed by atoms with van der Waals surface area (Å²) in [6, 6.07) is 5.74. The zero-order chi connectivity index (χ0) is 20.3. The summed E-state index contributed by atoms with van der Waals surface area (Å²) in [5.74, 6) is -0.753. The Morgan fingerprint density at radius 3 is 2.75 bits per heavy atom. The number of aliphatic carboxylic acids is 1. The first kappa shape index (κ1) is 21.0. The first-order valence-corrected chi connectivity index (χ1v) is 10.5. The van der Waals surface area contributed by atoms with Crippen molar-refractivity contribution in [2.24, 2.45) is 0 Å². The number of rotatable bonds is 5. The molecule has 10 heteroatoms. The highest BCUT2D eigenvalue weighted by Crippen LogP contribution is 2.34. The topological polar surface area (TPSA) is 123 Å². The average Bonchev–Trinajstić information content (AvgIpc) is 2.64. The van der Waals surface area contributed by atoms with Crippen molar-refractivity contribution in [3.8, 4) is 5.75 Å². The fraction of sp³-hybridized carbons (Fsp3) is 0.611. The number of sulfonamides is 1. The van der Waals surface area contributed by atoms with E-state index in [4.69, 9.17) is 19.3 Å². The number of carbonyl (C=O) groups is 1. The lowest BCUT2D eigenvalue weighted by atomic mass is 9.96. The molecule has 0 amide bonds. The number of carboxylic acid groups (broad SMARTS) is 1. The third-order valence-corrected chi connectivity index (χ3v) is 6.92. The highest BCUT2D eigenvalue weighted by molar-refractivity contribution is 7.89. The van der Waals surface area contributed by atoms with Crippen molar-refractivity contribution in [2.45, 2.75) is 48.5 Å². The largest absolute Gasteiger partial charge is 0.495 e. The van der Waals surface area contributed by atoms with E-state index in [9.17, 15) is 18.3 Å². The Kier molecular flexibility index (Phi) is 6.56. The first-order chi connectivity index (χ1) is 13.3. The quantitative estimate of drug-likeness (QED) is 0.712. The van der Waals surface area contributed by atoms with Gasteiger partial charge in [-0.25, -0.2) is 8.42 Å². The number of carboxylic acids is 1.